The number of aliphatic carboxylic acids is 1. The number of carbonyl (C=O) groups excluding carboxylic acids is 2. The van der Waals surface area contributed by atoms with Crippen molar-refractivity contribution in [3.05, 3.63) is 48.1 Å². The van der Waals surface area contributed by atoms with Crippen molar-refractivity contribution in [1.82, 2.24) is 0 Å². The molecule has 0 aromatic heterocycles. The molecule has 1 aromatic rings. The number of fused-ring (bicyclic) bond motifs is 5. The summed E-state index contributed by atoms with van der Waals surface area (Å²) in [4.78, 5) is 37.3. The minimum Gasteiger partial charge on any atom is -0.478 e. The summed E-state index contributed by atoms with van der Waals surface area (Å²) in [6, 6.07) is 6.84. The fourth-order valence-corrected chi connectivity index (χ4v) is 4.09. The first-order valence-corrected chi connectivity index (χ1v) is 7.63. The normalized spacial score (nSPS) is 31.4. The Bertz CT molecular complexity index is 749. The van der Waals surface area contributed by atoms with Gasteiger partial charge in [-0.15, -0.1) is 0 Å². The first kappa shape index (κ1) is 13.9. The number of carbonyl (C=O) groups is 3. The lowest BCUT2D eigenvalue weighted by molar-refractivity contribution is -0.131. The molecule has 1 aliphatic heterocycles. The molecule has 1 saturated carbocycles. The van der Waals surface area contributed by atoms with Crippen LogP contribution in [0.2, 0.25) is 0 Å². The fraction of sp³-hybridized carbons (Fsp3) is 0.278. The van der Waals surface area contributed by atoms with E-state index in [0.717, 1.165) is 12.5 Å². The second-order valence-corrected chi connectivity index (χ2v) is 6.28. The van der Waals surface area contributed by atoms with Crippen LogP contribution in [0.1, 0.15) is 12.0 Å². The van der Waals surface area contributed by atoms with Crippen molar-refractivity contribution >= 4 is 29.5 Å². The van der Waals surface area contributed by atoms with E-state index < -0.39 is 5.97 Å². The summed E-state index contributed by atoms with van der Waals surface area (Å²) >= 11 is 0. The lowest BCUT2D eigenvalue weighted by Gasteiger charge is -2.17. The summed E-state index contributed by atoms with van der Waals surface area (Å²) < 4.78 is 0. The zero-order valence-electron chi connectivity index (χ0n) is 12.3. The predicted octanol–water partition coefficient (Wildman–Crippen LogP) is 2.10. The number of amides is 2. The molecule has 2 aliphatic carbocycles. The zero-order chi connectivity index (χ0) is 16.1. The molecule has 1 aromatic carbocycles. The maximum absolute atomic E-state index is 12.7. The quantitative estimate of drug-likeness (QED) is 0.527. The number of benzene rings is 1. The van der Waals surface area contributed by atoms with Crippen molar-refractivity contribution < 1.29 is 19.5 Å². The zero-order valence-corrected chi connectivity index (χ0v) is 12.3. The minimum atomic E-state index is -1.04. The van der Waals surface area contributed by atoms with Gasteiger partial charge in [-0.25, -0.2) is 9.69 Å². The van der Waals surface area contributed by atoms with Crippen LogP contribution >= 0.6 is 0 Å². The Morgan fingerprint density at radius 2 is 1.78 bits per heavy atom. The number of anilines is 1. The van der Waals surface area contributed by atoms with Crippen LogP contribution in [0, 0.1) is 23.7 Å². The van der Waals surface area contributed by atoms with E-state index in [1.54, 1.807) is 24.3 Å². The minimum absolute atomic E-state index is 0.129. The maximum Gasteiger partial charge on any atom is 0.328 e. The second kappa shape index (κ2) is 4.91. The topological polar surface area (TPSA) is 74.7 Å². The van der Waals surface area contributed by atoms with Crippen LogP contribution in [-0.2, 0) is 14.4 Å². The number of carboxylic acids is 1. The van der Waals surface area contributed by atoms with Gasteiger partial charge in [0.25, 0.3) is 0 Å². The van der Waals surface area contributed by atoms with Gasteiger partial charge >= 0.3 is 5.97 Å². The van der Waals surface area contributed by atoms with Crippen molar-refractivity contribution in [2.45, 2.75) is 6.42 Å². The van der Waals surface area contributed by atoms with Crippen LogP contribution < -0.4 is 4.90 Å². The highest BCUT2D eigenvalue weighted by atomic mass is 16.4. The number of hydrogen-bond acceptors (Lipinski definition) is 3. The standard InChI is InChI=1S/C18H15NO4/c20-14(21)7-4-10-2-1-3-13(8-10)19-17(22)15-11-5-6-12(9-11)16(15)18(19)23/h1-8,11-12,15-16H,9H2,(H,20,21)/b7-4+/t11-,12+,15-,16-/m0/s1. The van der Waals surface area contributed by atoms with Crippen molar-refractivity contribution in [3.63, 3.8) is 0 Å². The van der Waals surface area contributed by atoms with E-state index in [0.29, 0.717) is 11.3 Å². The van der Waals surface area contributed by atoms with Gasteiger partial charge in [-0.3, -0.25) is 9.59 Å². The summed E-state index contributed by atoms with van der Waals surface area (Å²) in [5.74, 6) is -1.39. The summed E-state index contributed by atoms with van der Waals surface area (Å²) in [7, 11) is 0. The van der Waals surface area contributed by atoms with E-state index in [-0.39, 0.29) is 35.5 Å². The van der Waals surface area contributed by atoms with Gasteiger partial charge in [0.05, 0.1) is 17.5 Å². The molecule has 4 rings (SSSR count). The molecule has 2 bridgehead atoms. The number of nitrogens with zero attached hydrogens (tertiary/aromatic N) is 1. The van der Waals surface area contributed by atoms with E-state index in [2.05, 4.69) is 12.2 Å². The van der Waals surface area contributed by atoms with Crippen LogP contribution in [-0.4, -0.2) is 22.9 Å². The van der Waals surface area contributed by atoms with Crippen molar-refractivity contribution in [1.29, 1.82) is 0 Å². The smallest absolute Gasteiger partial charge is 0.328 e. The van der Waals surface area contributed by atoms with Gasteiger partial charge in [0.1, 0.15) is 0 Å². The van der Waals surface area contributed by atoms with E-state index >= 15 is 0 Å². The molecule has 1 N–H and O–H groups in total. The molecular weight excluding hydrogens is 294 g/mol. The van der Waals surface area contributed by atoms with Gasteiger partial charge in [-0.05, 0) is 42.0 Å². The van der Waals surface area contributed by atoms with Crippen molar-refractivity contribution in [2.24, 2.45) is 23.7 Å². The molecule has 5 heteroatoms. The van der Waals surface area contributed by atoms with E-state index in [1.807, 2.05) is 0 Å². The number of hydrogen-bond donors (Lipinski definition) is 1. The van der Waals surface area contributed by atoms with Gasteiger partial charge in [-0.2, -0.15) is 0 Å². The molecule has 1 saturated heterocycles. The third-order valence-electron chi connectivity index (χ3n) is 5.02. The molecule has 4 atom stereocenters. The van der Waals surface area contributed by atoms with Gasteiger partial charge < -0.3 is 5.11 Å². The third kappa shape index (κ3) is 2.04. The van der Waals surface area contributed by atoms with Crippen LogP contribution in [0.15, 0.2) is 42.5 Å². The summed E-state index contributed by atoms with van der Waals surface area (Å²) in [5, 5.41) is 8.70. The SMILES string of the molecule is O=C(O)/C=C/c1cccc(N2C(=O)[C@@H]3[C@@H](C2=O)[C@H]2C=C[C@@H]3C2)c1. The van der Waals surface area contributed by atoms with Crippen molar-refractivity contribution in [2.75, 3.05) is 4.90 Å². The second-order valence-electron chi connectivity index (χ2n) is 6.28. The Labute approximate surface area is 132 Å². The molecule has 23 heavy (non-hydrogen) atoms. The third-order valence-corrected chi connectivity index (χ3v) is 5.02. The van der Waals surface area contributed by atoms with E-state index in [9.17, 15) is 14.4 Å². The monoisotopic (exact) mass is 309 g/mol. The average Bonchev–Trinajstić information content (AvgIpc) is 3.20. The first-order chi connectivity index (χ1) is 11.1. The molecule has 5 nitrogen and oxygen atoms in total. The number of allylic oxidation sites excluding steroid dienone is 2. The maximum atomic E-state index is 12.7. The van der Waals surface area contributed by atoms with E-state index in [1.165, 1.54) is 11.0 Å². The van der Waals surface area contributed by atoms with Gasteiger partial charge in [0.2, 0.25) is 11.8 Å². The van der Waals surface area contributed by atoms with Crippen LogP contribution in [0.4, 0.5) is 5.69 Å². The number of rotatable bonds is 3. The summed E-state index contributed by atoms with van der Waals surface area (Å²) in [6.07, 6.45) is 7.51. The van der Waals surface area contributed by atoms with Gasteiger partial charge in [0, 0.05) is 6.08 Å². The van der Waals surface area contributed by atoms with Crippen LogP contribution in [0.25, 0.3) is 6.08 Å². The Kier molecular flexibility index (Phi) is 2.98. The highest BCUT2D eigenvalue weighted by Crippen LogP contribution is 2.53. The van der Waals surface area contributed by atoms with Crippen molar-refractivity contribution in [3.8, 4) is 0 Å². The Morgan fingerprint density at radius 3 is 2.39 bits per heavy atom. The molecule has 0 radical (unpaired) electrons. The van der Waals surface area contributed by atoms with Crippen LogP contribution in [0.3, 0.4) is 0 Å². The molecular formula is C18H15NO4. The van der Waals surface area contributed by atoms with Crippen LogP contribution in [0.5, 0.6) is 0 Å². The fourth-order valence-electron chi connectivity index (χ4n) is 4.09. The Balaban J connectivity index is 1.67. The van der Waals surface area contributed by atoms with Gasteiger partial charge in [0.15, 0.2) is 0 Å². The number of carboxylic acid groups (broad SMARTS) is 1. The summed E-state index contributed by atoms with van der Waals surface area (Å²) in [5.41, 5.74) is 1.16. The molecule has 0 spiro atoms. The molecule has 1 heterocycles. The lowest BCUT2D eigenvalue weighted by Crippen LogP contribution is -2.32. The molecule has 2 fully saturated rings. The molecule has 2 amide bonds. The van der Waals surface area contributed by atoms with E-state index in [4.69, 9.17) is 5.11 Å². The predicted molar refractivity (Wildman–Crippen MR) is 83.3 cm³/mol. The highest BCUT2D eigenvalue weighted by molar-refractivity contribution is 6.22. The lowest BCUT2D eigenvalue weighted by atomic mass is 9.85. The Morgan fingerprint density at radius 1 is 1.13 bits per heavy atom. The molecule has 0 unspecified atom stereocenters. The molecule has 116 valence electrons. The van der Waals surface area contributed by atoms with Gasteiger partial charge in [-0.1, -0.05) is 24.3 Å². The molecule has 3 aliphatic rings. The first-order valence-electron chi connectivity index (χ1n) is 7.63. The summed E-state index contributed by atoms with van der Waals surface area (Å²) in [6.45, 7) is 0. The average molecular weight is 309 g/mol. The largest absolute Gasteiger partial charge is 0.478 e. The highest BCUT2D eigenvalue weighted by Gasteiger charge is 2.59. The Hall–Kier alpha value is -2.69. The number of imide groups is 1.